The van der Waals surface area contributed by atoms with Crippen molar-refractivity contribution in [1.82, 2.24) is 4.90 Å². The second-order valence-electron chi connectivity index (χ2n) is 5.81. The van der Waals surface area contributed by atoms with Gasteiger partial charge < -0.3 is 14.1 Å². The summed E-state index contributed by atoms with van der Waals surface area (Å²) in [6.07, 6.45) is 1.16. The normalized spacial score (nSPS) is 15.3. The van der Waals surface area contributed by atoms with E-state index in [0.29, 0.717) is 37.4 Å². The number of nitrogens with zero attached hydrogens (tertiary/aromatic N) is 1. The van der Waals surface area contributed by atoms with Gasteiger partial charge in [0.2, 0.25) is 0 Å². The van der Waals surface area contributed by atoms with E-state index in [-0.39, 0.29) is 17.6 Å². The molecule has 126 valence electrons. The van der Waals surface area contributed by atoms with Crippen molar-refractivity contribution in [2.24, 2.45) is 0 Å². The lowest BCUT2D eigenvalue weighted by atomic mass is 10.1. The highest BCUT2D eigenvalue weighted by Crippen LogP contribution is 2.20. The van der Waals surface area contributed by atoms with Gasteiger partial charge in [-0.1, -0.05) is 12.1 Å². The number of aryl methyl sites for hydroxylation is 1. The van der Waals surface area contributed by atoms with E-state index in [9.17, 15) is 14.0 Å². The SMILES string of the molecule is Cc1cc(OC2CCN(C(=O)c3ccccc3F)CC2)cc(=O)o1. The van der Waals surface area contributed by atoms with E-state index >= 15 is 0 Å². The van der Waals surface area contributed by atoms with Crippen LogP contribution in [0.2, 0.25) is 0 Å². The molecule has 0 radical (unpaired) electrons. The molecule has 0 saturated carbocycles. The first-order chi connectivity index (χ1) is 11.5. The molecule has 1 fully saturated rings. The van der Waals surface area contributed by atoms with Gasteiger partial charge in [-0.25, -0.2) is 9.18 Å². The molecule has 0 unspecified atom stereocenters. The predicted octanol–water partition coefficient (Wildman–Crippen LogP) is 2.77. The highest BCUT2D eigenvalue weighted by atomic mass is 19.1. The van der Waals surface area contributed by atoms with Crippen molar-refractivity contribution in [3.05, 3.63) is 64.0 Å². The summed E-state index contributed by atoms with van der Waals surface area (Å²) in [5.74, 6) is 0.155. The molecule has 5 nitrogen and oxygen atoms in total. The van der Waals surface area contributed by atoms with Gasteiger partial charge in [0.25, 0.3) is 5.91 Å². The Kier molecular flexibility index (Phi) is 4.64. The highest BCUT2D eigenvalue weighted by Gasteiger charge is 2.26. The zero-order valence-electron chi connectivity index (χ0n) is 13.3. The molecule has 2 heterocycles. The fourth-order valence-corrected chi connectivity index (χ4v) is 2.82. The number of hydrogen-bond donors (Lipinski definition) is 0. The van der Waals surface area contributed by atoms with Crippen LogP contribution >= 0.6 is 0 Å². The van der Waals surface area contributed by atoms with E-state index < -0.39 is 11.4 Å². The van der Waals surface area contributed by atoms with Crippen molar-refractivity contribution in [2.45, 2.75) is 25.9 Å². The predicted molar refractivity (Wildman–Crippen MR) is 85.7 cm³/mol. The first kappa shape index (κ1) is 16.2. The number of rotatable bonds is 3. The van der Waals surface area contributed by atoms with E-state index in [1.807, 2.05) is 0 Å². The standard InChI is InChI=1S/C18H18FNO4/c1-12-10-14(11-17(21)23-12)24-13-6-8-20(9-7-13)18(22)15-4-2-3-5-16(15)19/h2-5,10-11,13H,6-9H2,1H3. The average Bonchev–Trinajstić information content (AvgIpc) is 2.54. The zero-order chi connectivity index (χ0) is 17.1. The lowest BCUT2D eigenvalue weighted by Gasteiger charge is -2.32. The summed E-state index contributed by atoms with van der Waals surface area (Å²) in [7, 11) is 0. The molecule has 1 aromatic carbocycles. The van der Waals surface area contributed by atoms with Gasteiger partial charge in [-0.15, -0.1) is 0 Å². The molecule has 1 aliphatic rings. The maximum absolute atomic E-state index is 13.7. The minimum atomic E-state index is -0.507. The van der Waals surface area contributed by atoms with Crippen LogP contribution in [0.4, 0.5) is 4.39 Å². The molecule has 3 rings (SSSR count). The van der Waals surface area contributed by atoms with Crippen LogP contribution < -0.4 is 10.4 Å². The lowest BCUT2D eigenvalue weighted by molar-refractivity contribution is 0.0590. The average molecular weight is 331 g/mol. The van der Waals surface area contributed by atoms with Crippen molar-refractivity contribution < 1.29 is 18.3 Å². The summed E-state index contributed by atoms with van der Waals surface area (Å²) < 4.78 is 24.4. The third kappa shape index (κ3) is 3.64. The molecular formula is C18H18FNO4. The quantitative estimate of drug-likeness (QED) is 0.868. The van der Waals surface area contributed by atoms with Crippen molar-refractivity contribution in [1.29, 1.82) is 0 Å². The maximum atomic E-state index is 13.7. The number of benzene rings is 1. The third-order valence-corrected chi connectivity index (χ3v) is 4.00. The number of amides is 1. The molecule has 0 atom stereocenters. The van der Waals surface area contributed by atoms with E-state index in [2.05, 4.69) is 0 Å². The van der Waals surface area contributed by atoms with Crippen LogP contribution in [0.15, 0.2) is 45.6 Å². The van der Waals surface area contributed by atoms with Gasteiger partial charge in [0, 0.05) is 32.0 Å². The van der Waals surface area contributed by atoms with E-state index in [4.69, 9.17) is 9.15 Å². The number of hydrogen-bond acceptors (Lipinski definition) is 4. The van der Waals surface area contributed by atoms with E-state index in [1.165, 1.54) is 18.2 Å². The van der Waals surface area contributed by atoms with Crippen molar-refractivity contribution >= 4 is 5.91 Å². The van der Waals surface area contributed by atoms with Crippen molar-refractivity contribution in [3.63, 3.8) is 0 Å². The number of likely N-dealkylation sites (tertiary alicyclic amines) is 1. The second-order valence-corrected chi connectivity index (χ2v) is 5.81. The minimum Gasteiger partial charge on any atom is -0.490 e. The van der Waals surface area contributed by atoms with Crippen molar-refractivity contribution in [2.75, 3.05) is 13.1 Å². The monoisotopic (exact) mass is 331 g/mol. The van der Waals surface area contributed by atoms with Crippen LogP contribution in [0.1, 0.15) is 29.0 Å². The Labute approximate surface area is 138 Å². The van der Waals surface area contributed by atoms with Crippen LogP contribution in [0.3, 0.4) is 0 Å². The number of ether oxygens (including phenoxy) is 1. The summed E-state index contributed by atoms with van der Waals surface area (Å²) in [5, 5.41) is 0. The summed E-state index contributed by atoms with van der Waals surface area (Å²) in [6, 6.07) is 8.96. The third-order valence-electron chi connectivity index (χ3n) is 4.00. The molecule has 0 aliphatic carbocycles. The molecule has 24 heavy (non-hydrogen) atoms. The summed E-state index contributed by atoms with van der Waals surface area (Å²) in [5.41, 5.74) is -0.356. The van der Waals surface area contributed by atoms with Crippen LogP contribution in [0.25, 0.3) is 0 Å². The molecule has 2 aromatic rings. The van der Waals surface area contributed by atoms with Crippen LogP contribution in [0.5, 0.6) is 5.75 Å². The molecule has 1 aliphatic heterocycles. The molecule has 6 heteroatoms. The minimum absolute atomic E-state index is 0.0872. The zero-order valence-corrected chi connectivity index (χ0v) is 13.3. The van der Waals surface area contributed by atoms with Gasteiger partial charge in [0.05, 0.1) is 11.6 Å². The fraction of sp³-hybridized carbons (Fsp3) is 0.333. The van der Waals surface area contributed by atoms with Crippen LogP contribution in [0, 0.1) is 12.7 Å². The Morgan fingerprint density at radius 3 is 2.62 bits per heavy atom. The molecule has 0 bridgehead atoms. The Bertz CT molecular complexity index is 794. The number of carbonyl (C=O) groups excluding carboxylic acids is 1. The molecule has 1 aromatic heterocycles. The van der Waals surface area contributed by atoms with Gasteiger partial charge in [-0.3, -0.25) is 4.79 Å². The summed E-state index contributed by atoms with van der Waals surface area (Å²) in [6.45, 7) is 2.65. The highest BCUT2D eigenvalue weighted by molar-refractivity contribution is 5.94. The smallest absolute Gasteiger partial charge is 0.339 e. The van der Waals surface area contributed by atoms with E-state index in [1.54, 1.807) is 30.0 Å². The van der Waals surface area contributed by atoms with E-state index in [0.717, 1.165) is 0 Å². The van der Waals surface area contributed by atoms with Gasteiger partial charge in [-0.2, -0.15) is 0 Å². The number of halogens is 1. The number of carbonyl (C=O) groups is 1. The molecule has 0 spiro atoms. The molecule has 0 N–H and O–H groups in total. The van der Waals surface area contributed by atoms with Gasteiger partial charge in [0.1, 0.15) is 23.4 Å². The van der Waals surface area contributed by atoms with Crippen LogP contribution in [-0.4, -0.2) is 30.0 Å². The maximum Gasteiger partial charge on any atom is 0.339 e. The fourth-order valence-electron chi connectivity index (χ4n) is 2.82. The van der Waals surface area contributed by atoms with Gasteiger partial charge in [-0.05, 0) is 19.1 Å². The van der Waals surface area contributed by atoms with Crippen LogP contribution in [-0.2, 0) is 0 Å². The Hall–Kier alpha value is -2.63. The van der Waals surface area contributed by atoms with Gasteiger partial charge >= 0.3 is 5.63 Å². The first-order valence-corrected chi connectivity index (χ1v) is 7.85. The second kappa shape index (κ2) is 6.86. The molecule has 1 saturated heterocycles. The largest absolute Gasteiger partial charge is 0.490 e. The summed E-state index contributed by atoms with van der Waals surface area (Å²) >= 11 is 0. The van der Waals surface area contributed by atoms with Crippen molar-refractivity contribution in [3.8, 4) is 5.75 Å². The Morgan fingerprint density at radius 1 is 1.25 bits per heavy atom. The topological polar surface area (TPSA) is 59.8 Å². The van der Waals surface area contributed by atoms with Gasteiger partial charge in [0.15, 0.2) is 0 Å². The number of piperidine rings is 1. The lowest BCUT2D eigenvalue weighted by Crippen LogP contribution is -2.42. The summed E-state index contributed by atoms with van der Waals surface area (Å²) in [4.78, 5) is 25.3. The Morgan fingerprint density at radius 2 is 1.96 bits per heavy atom. The molecular weight excluding hydrogens is 313 g/mol. The first-order valence-electron chi connectivity index (χ1n) is 7.85. The molecule has 1 amide bonds. The Balaban J connectivity index is 1.60.